The molecule has 1 aromatic heterocycles. The third-order valence-corrected chi connectivity index (χ3v) is 3.26. The van der Waals surface area contributed by atoms with Crippen LogP contribution in [0, 0.1) is 17.0 Å². The number of hydrogen-bond acceptors (Lipinski definition) is 5. The van der Waals surface area contributed by atoms with Crippen molar-refractivity contribution in [1.82, 2.24) is 4.98 Å². The van der Waals surface area contributed by atoms with Crippen LogP contribution in [-0.2, 0) is 0 Å². The molecule has 0 amide bonds. The second-order valence-electron chi connectivity index (χ2n) is 4.85. The molecule has 0 aliphatic heterocycles. The van der Waals surface area contributed by atoms with Crippen molar-refractivity contribution in [1.29, 1.82) is 0 Å². The topological polar surface area (TPSA) is 78.4 Å². The summed E-state index contributed by atoms with van der Waals surface area (Å²) in [5, 5.41) is 10.9. The molecule has 0 bridgehead atoms. The number of hydrogen-bond donors (Lipinski definition) is 0. The predicted molar refractivity (Wildman–Crippen MR) is 82.0 cm³/mol. The van der Waals surface area contributed by atoms with E-state index >= 15 is 0 Å². The molecular formula is C16H14N2O4. The second kappa shape index (κ2) is 5.48. The molecule has 0 unspecified atom stereocenters. The van der Waals surface area contributed by atoms with Gasteiger partial charge in [0.25, 0.3) is 5.69 Å². The molecule has 0 N–H and O–H groups in total. The van der Waals surface area contributed by atoms with Crippen molar-refractivity contribution in [2.75, 3.05) is 6.61 Å². The first kappa shape index (κ1) is 14.1. The Morgan fingerprint density at radius 1 is 1.32 bits per heavy atom. The van der Waals surface area contributed by atoms with E-state index in [0.717, 1.165) is 11.3 Å². The number of rotatable bonds is 4. The minimum absolute atomic E-state index is 0.00733. The van der Waals surface area contributed by atoms with Gasteiger partial charge in [-0.25, -0.2) is 4.98 Å². The number of nitrogens with zero attached hydrogens (tertiary/aromatic N) is 2. The molecule has 6 heteroatoms. The highest BCUT2D eigenvalue weighted by atomic mass is 16.6. The van der Waals surface area contributed by atoms with Crippen LogP contribution in [0.2, 0.25) is 0 Å². The lowest BCUT2D eigenvalue weighted by molar-refractivity contribution is -0.384. The zero-order chi connectivity index (χ0) is 15.7. The van der Waals surface area contributed by atoms with Crippen LogP contribution in [0.3, 0.4) is 0 Å². The van der Waals surface area contributed by atoms with Crippen LogP contribution in [0.4, 0.5) is 5.69 Å². The van der Waals surface area contributed by atoms with Crippen LogP contribution in [0.5, 0.6) is 5.75 Å². The number of non-ortho nitro benzene ring substituents is 1. The third kappa shape index (κ3) is 2.50. The maximum Gasteiger partial charge on any atom is 0.272 e. The van der Waals surface area contributed by atoms with Crippen molar-refractivity contribution < 1.29 is 14.1 Å². The molecule has 3 rings (SSSR count). The van der Waals surface area contributed by atoms with E-state index in [9.17, 15) is 10.1 Å². The Morgan fingerprint density at radius 3 is 2.86 bits per heavy atom. The number of benzene rings is 2. The monoisotopic (exact) mass is 298 g/mol. The summed E-state index contributed by atoms with van der Waals surface area (Å²) < 4.78 is 11.2. The van der Waals surface area contributed by atoms with Gasteiger partial charge in [-0.2, -0.15) is 0 Å². The highest BCUT2D eigenvalue weighted by Gasteiger charge is 2.16. The van der Waals surface area contributed by atoms with Crippen LogP contribution in [-0.4, -0.2) is 16.5 Å². The Hall–Kier alpha value is -2.89. The van der Waals surface area contributed by atoms with Gasteiger partial charge in [-0.3, -0.25) is 10.1 Å². The standard InChI is InChI=1S/C16H14N2O4/c1-3-21-13-6-4-5-11(8-13)16-17-14-9-12(18(19)20)7-10(2)15(14)22-16/h4-9H,3H2,1-2H3. The van der Waals surface area contributed by atoms with Gasteiger partial charge in [0, 0.05) is 23.3 Å². The van der Waals surface area contributed by atoms with Gasteiger partial charge in [-0.05, 0) is 32.0 Å². The minimum atomic E-state index is -0.434. The molecular weight excluding hydrogens is 284 g/mol. The lowest BCUT2D eigenvalue weighted by Crippen LogP contribution is -1.91. The Balaban J connectivity index is 2.10. The summed E-state index contributed by atoms with van der Waals surface area (Å²) in [6.45, 7) is 4.25. The van der Waals surface area contributed by atoms with Crippen molar-refractivity contribution in [3.63, 3.8) is 0 Å². The van der Waals surface area contributed by atoms with E-state index in [-0.39, 0.29) is 5.69 Å². The third-order valence-electron chi connectivity index (χ3n) is 3.26. The zero-order valence-electron chi connectivity index (χ0n) is 12.2. The van der Waals surface area contributed by atoms with Gasteiger partial charge in [0.05, 0.1) is 11.5 Å². The molecule has 0 aliphatic rings. The van der Waals surface area contributed by atoms with E-state index < -0.39 is 4.92 Å². The van der Waals surface area contributed by atoms with E-state index in [0.29, 0.717) is 29.2 Å². The number of nitro groups is 1. The smallest absolute Gasteiger partial charge is 0.272 e. The van der Waals surface area contributed by atoms with Gasteiger partial charge < -0.3 is 9.15 Å². The average molecular weight is 298 g/mol. The van der Waals surface area contributed by atoms with E-state index in [1.165, 1.54) is 12.1 Å². The molecule has 0 atom stereocenters. The van der Waals surface area contributed by atoms with Crippen molar-refractivity contribution in [2.45, 2.75) is 13.8 Å². The molecule has 0 aliphatic carbocycles. The van der Waals surface area contributed by atoms with Crippen molar-refractivity contribution in [3.8, 4) is 17.2 Å². The minimum Gasteiger partial charge on any atom is -0.494 e. The fourth-order valence-electron chi connectivity index (χ4n) is 2.30. The normalized spacial score (nSPS) is 10.8. The number of nitro benzene ring substituents is 1. The Morgan fingerprint density at radius 2 is 2.14 bits per heavy atom. The van der Waals surface area contributed by atoms with Gasteiger partial charge in [-0.1, -0.05) is 6.07 Å². The first-order valence-electron chi connectivity index (χ1n) is 6.87. The van der Waals surface area contributed by atoms with Gasteiger partial charge in [0.15, 0.2) is 5.58 Å². The summed E-state index contributed by atoms with van der Waals surface area (Å²) in [5.41, 5.74) is 2.49. The maximum atomic E-state index is 10.9. The molecule has 22 heavy (non-hydrogen) atoms. The van der Waals surface area contributed by atoms with Gasteiger partial charge in [-0.15, -0.1) is 0 Å². The molecule has 0 saturated heterocycles. The van der Waals surface area contributed by atoms with Gasteiger partial charge in [0.2, 0.25) is 5.89 Å². The van der Waals surface area contributed by atoms with Crippen LogP contribution >= 0.6 is 0 Å². The first-order chi connectivity index (χ1) is 10.6. The molecule has 6 nitrogen and oxygen atoms in total. The maximum absolute atomic E-state index is 10.9. The Labute approximate surface area is 126 Å². The fraction of sp³-hybridized carbons (Fsp3) is 0.188. The summed E-state index contributed by atoms with van der Waals surface area (Å²) in [7, 11) is 0. The van der Waals surface area contributed by atoms with Crippen LogP contribution < -0.4 is 4.74 Å². The Kier molecular flexibility index (Phi) is 3.50. The average Bonchev–Trinajstić information content (AvgIpc) is 2.92. The van der Waals surface area contributed by atoms with Crippen molar-refractivity contribution >= 4 is 16.8 Å². The van der Waals surface area contributed by atoms with Crippen molar-refractivity contribution in [2.24, 2.45) is 0 Å². The van der Waals surface area contributed by atoms with Gasteiger partial charge in [0.1, 0.15) is 11.3 Å². The van der Waals surface area contributed by atoms with Crippen LogP contribution in [0.15, 0.2) is 40.8 Å². The highest BCUT2D eigenvalue weighted by molar-refractivity contribution is 5.81. The van der Waals surface area contributed by atoms with E-state index in [4.69, 9.17) is 9.15 Å². The van der Waals surface area contributed by atoms with E-state index in [2.05, 4.69) is 4.98 Å². The molecule has 0 radical (unpaired) electrons. The van der Waals surface area contributed by atoms with Gasteiger partial charge >= 0.3 is 0 Å². The number of ether oxygens (including phenoxy) is 1. The quantitative estimate of drug-likeness (QED) is 0.535. The summed E-state index contributed by atoms with van der Waals surface area (Å²) in [6.07, 6.45) is 0. The summed E-state index contributed by atoms with van der Waals surface area (Å²) >= 11 is 0. The lowest BCUT2D eigenvalue weighted by Gasteiger charge is -2.03. The number of fused-ring (bicyclic) bond motifs is 1. The predicted octanol–water partition coefficient (Wildman–Crippen LogP) is 4.11. The molecule has 0 spiro atoms. The summed E-state index contributed by atoms with van der Waals surface area (Å²) in [5.74, 6) is 1.14. The van der Waals surface area contributed by atoms with Crippen LogP contribution in [0.25, 0.3) is 22.6 Å². The molecule has 112 valence electrons. The zero-order valence-corrected chi connectivity index (χ0v) is 12.2. The molecule has 2 aromatic carbocycles. The lowest BCUT2D eigenvalue weighted by atomic mass is 10.2. The summed E-state index contributed by atoms with van der Waals surface area (Å²) in [4.78, 5) is 14.8. The molecule has 3 aromatic rings. The molecule has 1 heterocycles. The highest BCUT2D eigenvalue weighted by Crippen LogP contribution is 2.30. The number of aromatic nitrogens is 1. The van der Waals surface area contributed by atoms with Crippen molar-refractivity contribution in [3.05, 3.63) is 52.1 Å². The fourth-order valence-corrected chi connectivity index (χ4v) is 2.30. The molecule has 0 fully saturated rings. The van der Waals surface area contributed by atoms with Crippen LogP contribution in [0.1, 0.15) is 12.5 Å². The number of aryl methyl sites for hydroxylation is 1. The first-order valence-corrected chi connectivity index (χ1v) is 6.87. The largest absolute Gasteiger partial charge is 0.494 e. The second-order valence-corrected chi connectivity index (χ2v) is 4.85. The number of oxazole rings is 1. The Bertz CT molecular complexity index is 854. The summed E-state index contributed by atoms with van der Waals surface area (Å²) in [6, 6.07) is 10.3. The van der Waals surface area contributed by atoms with E-state index in [1.54, 1.807) is 6.92 Å². The molecule has 0 saturated carbocycles. The van der Waals surface area contributed by atoms with E-state index in [1.807, 2.05) is 31.2 Å². The SMILES string of the molecule is CCOc1cccc(-c2nc3cc([N+](=O)[O-])cc(C)c3o2)c1.